The maximum absolute atomic E-state index is 6.22. The van der Waals surface area contributed by atoms with E-state index < -0.39 is 0 Å². The number of hydrogen-bond donors (Lipinski definition) is 1. The fraction of sp³-hybridized carbons (Fsp3) is 0.0952. The average molecular weight is 437 g/mol. The molecule has 28 heavy (non-hydrogen) atoms. The highest BCUT2D eigenvalue weighted by Gasteiger charge is 2.15. The fourth-order valence-electron chi connectivity index (χ4n) is 2.93. The van der Waals surface area contributed by atoms with Crippen molar-refractivity contribution in [1.82, 2.24) is 15.0 Å². The molecule has 0 fully saturated rings. The zero-order chi connectivity index (χ0) is 19.7. The lowest BCUT2D eigenvalue weighted by Crippen LogP contribution is -2.01. The van der Waals surface area contributed by atoms with Gasteiger partial charge in [0.05, 0.1) is 0 Å². The number of fused-ring (bicyclic) bond motifs is 1. The Morgan fingerprint density at radius 3 is 2.36 bits per heavy atom. The molecule has 0 spiro atoms. The van der Waals surface area contributed by atoms with Gasteiger partial charge in [-0.25, -0.2) is 0 Å². The summed E-state index contributed by atoms with van der Waals surface area (Å²) in [5.74, 6) is 1.65. The zero-order valence-corrected chi connectivity index (χ0v) is 16.9. The normalized spacial score (nSPS) is 10.8. The van der Waals surface area contributed by atoms with E-state index in [1.54, 1.807) is 6.20 Å². The molecule has 2 aromatic carbocycles. The summed E-state index contributed by atoms with van der Waals surface area (Å²) in [6.45, 7) is 4.01. The van der Waals surface area contributed by atoms with Crippen LogP contribution in [0.4, 0.5) is 5.69 Å². The first kappa shape index (κ1) is 18.2. The van der Waals surface area contributed by atoms with Crippen LogP contribution in [0.25, 0.3) is 10.9 Å². The van der Waals surface area contributed by atoms with Crippen molar-refractivity contribution in [3.63, 3.8) is 0 Å². The molecule has 0 aliphatic rings. The Morgan fingerprint density at radius 1 is 0.893 bits per heavy atom. The second kappa shape index (κ2) is 7.44. The number of pyridine rings is 1. The van der Waals surface area contributed by atoms with Crippen molar-refractivity contribution in [3.8, 4) is 23.3 Å². The second-order valence-electron chi connectivity index (χ2n) is 6.37. The molecule has 140 valence electrons. The molecule has 2 heterocycles. The van der Waals surface area contributed by atoms with Crippen LogP contribution in [0, 0.1) is 13.8 Å². The van der Waals surface area contributed by atoms with Crippen molar-refractivity contribution in [2.75, 3.05) is 5.73 Å². The van der Waals surface area contributed by atoms with E-state index in [-0.39, 0.29) is 17.4 Å². The van der Waals surface area contributed by atoms with Crippen molar-refractivity contribution < 1.29 is 9.47 Å². The van der Waals surface area contributed by atoms with E-state index in [1.165, 1.54) is 6.33 Å². The molecule has 0 amide bonds. The molecule has 0 aliphatic heterocycles. The van der Waals surface area contributed by atoms with Crippen LogP contribution >= 0.6 is 15.9 Å². The van der Waals surface area contributed by atoms with E-state index in [0.29, 0.717) is 17.0 Å². The number of aromatic nitrogens is 3. The van der Waals surface area contributed by atoms with Crippen LogP contribution in [-0.4, -0.2) is 15.0 Å². The molecule has 2 aromatic heterocycles. The third-order valence-electron chi connectivity index (χ3n) is 4.11. The van der Waals surface area contributed by atoms with Gasteiger partial charge in [-0.05, 0) is 55.3 Å². The van der Waals surface area contributed by atoms with Crippen LogP contribution in [0.3, 0.4) is 0 Å². The van der Waals surface area contributed by atoms with Gasteiger partial charge >= 0.3 is 0 Å². The summed E-state index contributed by atoms with van der Waals surface area (Å²) in [4.78, 5) is 12.7. The third kappa shape index (κ3) is 3.61. The number of nitrogens with two attached hydrogens (primary N) is 1. The first-order chi connectivity index (χ1) is 13.5. The zero-order valence-electron chi connectivity index (χ0n) is 15.3. The Morgan fingerprint density at radius 2 is 1.61 bits per heavy atom. The average Bonchev–Trinajstić information content (AvgIpc) is 2.66. The molecule has 0 atom stereocenters. The molecule has 4 rings (SSSR count). The summed E-state index contributed by atoms with van der Waals surface area (Å²) in [6, 6.07) is 13.4. The van der Waals surface area contributed by atoms with E-state index in [2.05, 4.69) is 36.9 Å². The van der Waals surface area contributed by atoms with Gasteiger partial charge in [-0.15, -0.1) is 0 Å². The van der Waals surface area contributed by atoms with E-state index in [0.717, 1.165) is 21.0 Å². The van der Waals surface area contributed by atoms with Crippen LogP contribution < -0.4 is 15.2 Å². The number of nitrogens with zero attached hydrogens (tertiary/aromatic N) is 3. The minimum atomic E-state index is 0.212. The molecule has 0 radical (unpaired) electrons. The highest BCUT2D eigenvalue weighted by Crippen LogP contribution is 2.37. The SMILES string of the molecule is Cc1cc(C)cc(Oc2ncnc(Oc3ccc(Br)c4cccnc34)c2N)c1. The summed E-state index contributed by atoms with van der Waals surface area (Å²) in [5.41, 5.74) is 9.32. The molecule has 2 N–H and O–H groups in total. The van der Waals surface area contributed by atoms with E-state index in [1.807, 2.05) is 50.2 Å². The van der Waals surface area contributed by atoms with Crippen molar-refractivity contribution in [1.29, 1.82) is 0 Å². The van der Waals surface area contributed by atoms with Crippen LogP contribution in [0.15, 0.2) is 59.5 Å². The molecule has 6 nitrogen and oxygen atoms in total. The smallest absolute Gasteiger partial charge is 0.249 e. The Kier molecular flexibility index (Phi) is 4.83. The minimum absolute atomic E-state index is 0.212. The number of ether oxygens (including phenoxy) is 2. The predicted octanol–water partition coefficient (Wildman–Crippen LogP) is 5.57. The minimum Gasteiger partial charge on any atom is -0.437 e. The first-order valence-electron chi connectivity index (χ1n) is 8.59. The van der Waals surface area contributed by atoms with Gasteiger partial charge in [-0.3, -0.25) is 4.98 Å². The molecule has 7 heteroatoms. The van der Waals surface area contributed by atoms with Crippen LogP contribution in [0.1, 0.15) is 11.1 Å². The maximum Gasteiger partial charge on any atom is 0.249 e. The van der Waals surface area contributed by atoms with Crippen molar-refractivity contribution >= 4 is 32.5 Å². The molecular weight excluding hydrogens is 420 g/mol. The van der Waals surface area contributed by atoms with Gasteiger partial charge in [0.2, 0.25) is 11.8 Å². The van der Waals surface area contributed by atoms with Gasteiger partial charge in [0.25, 0.3) is 0 Å². The standard InChI is InChI=1S/C21H17BrN4O2/c1-12-8-13(2)10-14(9-12)27-20-18(23)21(26-11-25-20)28-17-6-5-16(22)15-4-3-7-24-19(15)17/h3-11H,23H2,1-2H3. The van der Waals surface area contributed by atoms with Crippen molar-refractivity contribution in [2.45, 2.75) is 13.8 Å². The Balaban J connectivity index is 1.69. The number of halogens is 1. The van der Waals surface area contributed by atoms with Gasteiger partial charge in [-0.2, -0.15) is 9.97 Å². The largest absolute Gasteiger partial charge is 0.437 e. The lowest BCUT2D eigenvalue weighted by molar-refractivity contribution is 0.440. The van der Waals surface area contributed by atoms with Crippen LogP contribution in [-0.2, 0) is 0 Å². The van der Waals surface area contributed by atoms with Gasteiger partial charge in [0.1, 0.15) is 17.6 Å². The number of hydrogen-bond acceptors (Lipinski definition) is 6. The number of anilines is 1. The summed E-state index contributed by atoms with van der Waals surface area (Å²) in [6.07, 6.45) is 3.07. The van der Waals surface area contributed by atoms with E-state index in [4.69, 9.17) is 15.2 Å². The number of rotatable bonds is 4. The summed E-state index contributed by atoms with van der Waals surface area (Å²) in [5, 5.41) is 0.930. The Hall–Kier alpha value is -3.19. The third-order valence-corrected chi connectivity index (χ3v) is 4.80. The van der Waals surface area contributed by atoms with Crippen LogP contribution in [0.2, 0.25) is 0 Å². The van der Waals surface area contributed by atoms with Gasteiger partial charge in [0, 0.05) is 16.1 Å². The molecule has 0 aliphatic carbocycles. The molecule has 0 unspecified atom stereocenters. The highest BCUT2D eigenvalue weighted by atomic mass is 79.9. The van der Waals surface area contributed by atoms with Gasteiger partial charge < -0.3 is 15.2 Å². The second-order valence-corrected chi connectivity index (χ2v) is 7.22. The van der Waals surface area contributed by atoms with Gasteiger partial charge in [-0.1, -0.05) is 28.1 Å². The predicted molar refractivity (Wildman–Crippen MR) is 112 cm³/mol. The molecular formula is C21H17BrN4O2. The van der Waals surface area contributed by atoms with Crippen LogP contribution in [0.5, 0.6) is 23.3 Å². The molecule has 0 saturated carbocycles. The van der Waals surface area contributed by atoms with Gasteiger partial charge in [0.15, 0.2) is 11.4 Å². The monoisotopic (exact) mass is 436 g/mol. The summed E-state index contributed by atoms with van der Waals surface area (Å²) >= 11 is 3.53. The van der Waals surface area contributed by atoms with Crippen molar-refractivity contribution in [2.24, 2.45) is 0 Å². The Labute approximate surface area is 170 Å². The molecule has 4 aromatic rings. The first-order valence-corrected chi connectivity index (χ1v) is 9.38. The highest BCUT2D eigenvalue weighted by molar-refractivity contribution is 9.10. The summed E-state index contributed by atoms with van der Waals surface area (Å²) in [7, 11) is 0. The number of aryl methyl sites for hydroxylation is 2. The van der Waals surface area contributed by atoms with Crippen molar-refractivity contribution in [3.05, 3.63) is 70.6 Å². The summed E-state index contributed by atoms with van der Waals surface area (Å²) < 4.78 is 12.8. The molecule has 0 saturated heterocycles. The quantitative estimate of drug-likeness (QED) is 0.449. The Bertz CT molecular complexity index is 1160. The molecule has 0 bridgehead atoms. The number of benzene rings is 2. The fourth-order valence-corrected chi connectivity index (χ4v) is 3.38. The van der Waals surface area contributed by atoms with E-state index in [9.17, 15) is 0 Å². The van der Waals surface area contributed by atoms with E-state index >= 15 is 0 Å². The lowest BCUT2D eigenvalue weighted by atomic mass is 10.1. The number of nitrogen functional groups attached to an aromatic ring is 1. The topological polar surface area (TPSA) is 83.2 Å². The maximum atomic E-state index is 6.22. The lowest BCUT2D eigenvalue weighted by Gasteiger charge is -2.13.